The standard InChI is InChI=1S/C15H20N4O2/c1-10(14(16)12-6-4-3-5-7-12)15(20)17-9-8-13-18-11(2)21-19-13/h3-7,10,14H,8-9,16H2,1-2H3,(H,17,20). The fourth-order valence-electron chi connectivity index (χ4n) is 2.03. The zero-order valence-electron chi connectivity index (χ0n) is 12.2. The molecule has 0 spiro atoms. The van der Waals surface area contributed by atoms with Gasteiger partial charge in [0.15, 0.2) is 5.82 Å². The van der Waals surface area contributed by atoms with Crippen LogP contribution in [0.1, 0.15) is 30.2 Å². The van der Waals surface area contributed by atoms with Gasteiger partial charge in [0.25, 0.3) is 0 Å². The van der Waals surface area contributed by atoms with Crippen LogP contribution < -0.4 is 11.1 Å². The number of nitrogens with one attached hydrogen (secondary N) is 1. The Kier molecular flexibility index (Phi) is 5.05. The molecular weight excluding hydrogens is 268 g/mol. The fraction of sp³-hybridized carbons (Fsp3) is 0.400. The van der Waals surface area contributed by atoms with Crippen LogP contribution in [0.3, 0.4) is 0 Å². The van der Waals surface area contributed by atoms with Crippen molar-refractivity contribution in [3.63, 3.8) is 0 Å². The Morgan fingerprint density at radius 2 is 2.10 bits per heavy atom. The van der Waals surface area contributed by atoms with Gasteiger partial charge in [0.05, 0.1) is 5.92 Å². The van der Waals surface area contributed by atoms with Crippen LogP contribution in [0.4, 0.5) is 0 Å². The third-order valence-corrected chi connectivity index (χ3v) is 3.35. The van der Waals surface area contributed by atoms with Crippen molar-refractivity contribution in [1.82, 2.24) is 15.5 Å². The molecule has 1 heterocycles. The van der Waals surface area contributed by atoms with Crippen LogP contribution in [0.15, 0.2) is 34.9 Å². The van der Waals surface area contributed by atoms with Gasteiger partial charge in [0.2, 0.25) is 11.8 Å². The monoisotopic (exact) mass is 288 g/mol. The zero-order chi connectivity index (χ0) is 15.2. The van der Waals surface area contributed by atoms with Crippen LogP contribution in [-0.2, 0) is 11.2 Å². The molecule has 2 rings (SSSR count). The zero-order valence-corrected chi connectivity index (χ0v) is 12.2. The van der Waals surface area contributed by atoms with Crippen LogP contribution in [-0.4, -0.2) is 22.6 Å². The Labute approximate surface area is 123 Å². The molecule has 2 unspecified atom stereocenters. The molecule has 1 aromatic carbocycles. The first-order valence-electron chi connectivity index (χ1n) is 6.95. The average molecular weight is 288 g/mol. The number of hydrogen-bond donors (Lipinski definition) is 2. The van der Waals surface area contributed by atoms with E-state index in [-0.39, 0.29) is 17.9 Å². The van der Waals surface area contributed by atoms with Gasteiger partial charge in [-0.05, 0) is 5.56 Å². The summed E-state index contributed by atoms with van der Waals surface area (Å²) >= 11 is 0. The lowest BCUT2D eigenvalue weighted by atomic mass is 9.95. The number of nitrogens with two attached hydrogens (primary N) is 1. The Morgan fingerprint density at radius 3 is 2.71 bits per heavy atom. The van der Waals surface area contributed by atoms with E-state index in [0.717, 1.165) is 5.56 Å². The Bertz CT molecular complexity index is 582. The van der Waals surface area contributed by atoms with Crippen molar-refractivity contribution >= 4 is 5.91 Å². The molecule has 6 heteroatoms. The number of amides is 1. The highest BCUT2D eigenvalue weighted by atomic mass is 16.5. The molecule has 0 aliphatic rings. The number of rotatable bonds is 6. The third kappa shape index (κ3) is 4.13. The second-order valence-corrected chi connectivity index (χ2v) is 5.00. The second-order valence-electron chi connectivity index (χ2n) is 5.00. The van der Waals surface area contributed by atoms with Crippen molar-refractivity contribution < 1.29 is 9.32 Å². The lowest BCUT2D eigenvalue weighted by Crippen LogP contribution is -2.36. The summed E-state index contributed by atoms with van der Waals surface area (Å²) in [6.07, 6.45) is 0.538. The molecule has 0 bridgehead atoms. The molecule has 0 radical (unpaired) electrons. The molecule has 2 atom stereocenters. The molecule has 1 amide bonds. The number of aryl methyl sites for hydroxylation is 1. The summed E-state index contributed by atoms with van der Waals surface area (Å²) in [6.45, 7) is 4.02. The van der Waals surface area contributed by atoms with Crippen molar-refractivity contribution in [2.24, 2.45) is 11.7 Å². The predicted octanol–water partition coefficient (Wildman–Crippen LogP) is 1.37. The van der Waals surface area contributed by atoms with E-state index in [4.69, 9.17) is 10.3 Å². The number of hydrogen-bond acceptors (Lipinski definition) is 5. The number of nitrogens with zero attached hydrogens (tertiary/aromatic N) is 2. The van der Waals surface area contributed by atoms with E-state index in [1.165, 1.54) is 0 Å². The fourth-order valence-corrected chi connectivity index (χ4v) is 2.03. The molecule has 0 saturated heterocycles. The molecule has 2 aromatic rings. The maximum Gasteiger partial charge on any atom is 0.224 e. The van der Waals surface area contributed by atoms with Crippen molar-refractivity contribution in [1.29, 1.82) is 0 Å². The molecule has 6 nitrogen and oxygen atoms in total. The molecule has 0 fully saturated rings. The first-order chi connectivity index (χ1) is 10.1. The highest BCUT2D eigenvalue weighted by Crippen LogP contribution is 2.18. The Hall–Kier alpha value is -2.21. The molecule has 112 valence electrons. The summed E-state index contributed by atoms with van der Waals surface area (Å²) in [5.74, 6) is 0.731. The molecule has 0 aliphatic carbocycles. The summed E-state index contributed by atoms with van der Waals surface area (Å²) in [6, 6.07) is 9.29. The van der Waals surface area contributed by atoms with Gasteiger partial charge >= 0.3 is 0 Å². The van der Waals surface area contributed by atoms with Crippen molar-refractivity contribution in [3.05, 3.63) is 47.6 Å². The van der Waals surface area contributed by atoms with Crippen molar-refractivity contribution in [2.75, 3.05) is 6.54 Å². The van der Waals surface area contributed by atoms with Gasteiger partial charge < -0.3 is 15.6 Å². The van der Waals surface area contributed by atoms with Crippen LogP contribution in [0.5, 0.6) is 0 Å². The van der Waals surface area contributed by atoms with E-state index in [1.807, 2.05) is 37.3 Å². The van der Waals surface area contributed by atoms with Crippen molar-refractivity contribution in [2.45, 2.75) is 26.3 Å². The number of aromatic nitrogens is 2. The number of carbonyl (C=O) groups excluding carboxylic acids is 1. The van der Waals surface area contributed by atoms with Crippen molar-refractivity contribution in [3.8, 4) is 0 Å². The van der Waals surface area contributed by atoms with E-state index >= 15 is 0 Å². The van der Waals surface area contributed by atoms with E-state index < -0.39 is 0 Å². The molecular formula is C15H20N4O2. The normalized spacial score (nSPS) is 13.7. The summed E-state index contributed by atoms with van der Waals surface area (Å²) in [7, 11) is 0. The SMILES string of the molecule is Cc1nc(CCNC(=O)C(C)C(N)c2ccccc2)no1. The summed E-state index contributed by atoms with van der Waals surface area (Å²) in [5, 5.41) is 6.63. The molecule has 1 aromatic heterocycles. The largest absolute Gasteiger partial charge is 0.355 e. The van der Waals surface area contributed by atoms with E-state index in [1.54, 1.807) is 6.92 Å². The topological polar surface area (TPSA) is 94.0 Å². The van der Waals surface area contributed by atoms with E-state index in [0.29, 0.717) is 24.7 Å². The summed E-state index contributed by atoms with van der Waals surface area (Å²) < 4.78 is 4.87. The number of benzene rings is 1. The van der Waals surface area contributed by atoms with Crippen LogP contribution >= 0.6 is 0 Å². The van der Waals surface area contributed by atoms with Crippen LogP contribution in [0, 0.1) is 12.8 Å². The molecule has 3 N–H and O–H groups in total. The molecule has 0 saturated carbocycles. The lowest BCUT2D eigenvalue weighted by Gasteiger charge is -2.19. The minimum Gasteiger partial charge on any atom is -0.355 e. The van der Waals surface area contributed by atoms with Gasteiger partial charge in [-0.1, -0.05) is 42.4 Å². The van der Waals surface area contributed by atoms with E-state index in [2.05, 4.69) is 15.5 Å². The maximum absolute atomic E-state index is 12.1. The first-order valence-corrected chi connectivity index (χ1v) is 6.95. The molecule has 21 heavy (non-hydrogen) atoms. The first kappa shape index (κ1) is 15.2. The van der Waals surface area contributed by atoms with Crippen LogP contribution in [0.2, 0.25) is 0 Å². The highest BCUT2D eigenvalue weighted by molar-refractivity contribution is 5.79. The lowest BCUT2D eigenvalue weighted by molar-refractivity contribution is -0.125. The van der Waals surface area contributed by atoms with Gasteiger partial charge in [-0.3, -0.25) is 4.79 Å². The van der Waals surface area contributed by atoms with Crippen LogP contribution in [0.25, 0.3) is 0 Å². The average Bonchev–Trinajstić information content (AvgIpc) is 2.92. The van der Waals surface area contributed by atoms with Gasteiger partial charge in [0.1, 0.15) is 0 Å². The maximum atomic E-state index is 12.1. The van der Waals surface area contributed by atoms with Gasteiger partial charge in [-0.25, -0.2) is 0 Å². The van der Waals surface area contributed by atoms with Gasteiger partial charge in [-0.2, -0.15) is 4.98 Å². The third-order valence-electron chi connectivity index (χ3n) is 3.35. The van der Waals surface area contributed by atoms with Gasteiger partial charge in [0, 0.05) is 25.9 Å². The quantitative estimate of drug-likeness (QED) is 0.837. The smallest absolute Gasteiger partial charge is 0.224 e. The van der Waals surface area contributed by atoms with Gasteiger partial charge in [-0.15, -0.1) is 0 Å². The summed E-state index contributed by atoms with van der Waals surface area (Å²) in [4.78, 5) is 16.2. The Balaban J connectivity index is 1.82. The minimum atomic E-state index is -0.321. The highest BCUT2D eigenvalue weighted by Gasteiger charge is 2.21. The Morgan fingerprint density at radius 1 is 1.38 bits per heavy atom. The number of carbonyl (C=O) groups is 1. The van der Waals surface area contributed by atoms with E-state index in [9.17, 15) is 4.79 Å². The molecule has 0 aliphatic heterocycles. The predicted molar refractivity (Wildman–Crippen MR) is 78.3 cm³/mol. The summed E-state index contributed by atoms with van der Waals surface area (Å²) in [5.41, 5.74) is 7.08. The second kappa shape index (κ2) is 6.99. The minimum absolute atomic E-state index is 0.0773.